The van der Waals surface area contributed by atoms with Crippen molar-refractivity contribution in [2.24, 2.45) is 17.4 Å². The standard InChI is InChI=1S/C16H25N5O3/c1-2-13(15(18)23)21-7-5-10(6-8-21)9-19-16(24)12-4-3-11(20-12)14(17)22/h3-4,10,13,20H,2,5-9H2,1H3,(H2,17,22)(H2,18,23)(H,19,24). The Balaban J connectivity index is 1.78. The normalized spacial score (nSPS) is 17.4. The average Bonchev–Trinajstić information content (AvgIpc) is 3.04. The number of carbonyl (C=O) groups is 3. The van der Waals surface area contributed by atoms with Crippen molar-refractivity contribution in [2.45, 2.75) is 32.2 Å². The summed E-state index contributed by atoms with van der Waals surface area (Å²) in [5.74, 6) is -0.766. The number of primary amides is 2. The van der Waals surface area contributed by atoms with Gasteiger partial charge in [0.1, 0.15) is 11.4 Å². The van der Waals surface area contributed by atoms with Gasteiger partial charge in [0.2, 0.25) is 5.91 Å². The van der Waals surface area contributed by atoms with Crippen LogP contribution in [0.25, 0.3) is 0 Å². The van der Waals surface area contributed by atoms with Gasteiger partial charge < -0.3 is 21.8 Å². The molecule has 1 atom stereocenters. The second-order valence-corrected chi connectivity index (χ2v) is 6.17. The molecule has 0 saturated carbocycles. The van der Waals surface area contributed by atoms with Gasteiger partial charge in [-0.1, -0.05) is 6.92 Å². The number of aromatic nitrogens is 1. The van der Waals surface area contributed by atoms with E-state index < -0.39 is 5.91 Å². The predicted molar refractivity (Wildman–Crippen MR) is 89.2 cm³/mol. The number of hydrogen-bond acceptors (Lipinski definition) is 4. The lowest BCUT2D eigenvalue weighted by Crippen LogP contribution is -2.49. The van der Waals surface area contributed by atoms with E-state index in [4.69, 9.17) is 11.5 Å². The minimum absolute atomic E-state index is 0.202. The molecular formula is C16H25N5O3. The lowest BCUT2D eigenvalue weighted by molar-refractivity contribution is -0.123. The van der Waals surface area contributed by atoms with E-state index in [1.165, 1.54) is 12.1 Å². The van der Waals surface area contributed by atoms with E-state index in [0.717, 1.165) is 25.9 Å². The summed E-state index contributed by atoms with van der Waals surface area (Å²) in [5, 5.41) is 2.87. The Hall–Kier alpha value is -2.35. The fourth-order valence-corrected chi connectivity index (χ4v) is 3.11. The smallest absolute Gasteiger partial charge is 0.267 e. The number of nitrogens with two attached hydrogens (primary N) is 2. The van der Waals surface area contributed by atoms with Gasteiger partial charge >= 0.3 is 0 Å². The van der Waals surface area contributed by atoms with Crippen LogP contribution in [0.4, 0.5) is 0 Å². The molecule has 3 amide bonds. The van der Waals surface area contributed by atoms with Gasteiger partial charge in [0.25, 0.3) is 11.8 Å². The minimum atomic E-state index is -0.596. The zero-order valence-electron chi connectivity index (χ0n) is 13.9. The highest BCUT2D eigenvalue weighted by atomic mass is 16.2. The number of piperidine rings is 1. The van der Waals surface area contributed by atoms with Crippen molar-refractivity contribution in [1.29, 1.82) is 0 Å². The largest absolute Gasteiger partial charge is 0.368 e. The summed E-state index contributed by atoms with van der Waals surface area (Å²) in [4.78, 5) is 39.3. The highest BCUT2D eigenvalue weighted by Crippen LogP contribution is 2.19. The van der Waals surface area contributed by atoms with E-state index in [1.54, 1.807) is 0 Å². The van der Waals surface area contributed by atoms with Gasteiger partial charge in [-0.05, 0) is 50.4 Å². The molecule has 1 fully saturated rings. The number of nitrogens with one attached hydrogen (secondary N) is 2. The summed E-state index contributed by atoms with van der Waals surface area (Å²) in [6.45, 7) is 4.12. The fourth-order valence-electron chi connectivity index (χ4n) is 3.11. The molecule has 0 aromatic carbocycles. The molecule has 132 valence electrons. The first-order valence-corrected chi connectivity index (χ1v) is 8.22. The summed E-state index contributed by atoms with van der Waals surface area (Å²) < 4.78 is 0. The number of hydrogen-bond donors (Lipinski definition) is 4. The summed E-state index contributed by atoms with van der Waals surface area (Å²) in [6, 6.07) is 2.83. The van der Waals surface area contributed by atoms with E-state index in [1.807, 2.05) is 6.92 Å². The second-order valence-electron chi connectivity index (χ2n) is 6.17. The second kappa shape index (κ2) is 7.96. The SMILES string of the molecule is CCC(C(N)=O)N1CCC(CNC(=O)c2ccc(C(N)=O)[nH]2)CC1. The fraction of sp³-hybridized carbons (Fsp3) is 0.562. The van der Waals surface area contributed by atoms with Crippen molar-refractivity contribution in [3.63, 3.8) is 0 Å². The maximum Gasteiger partial charge on any atom is 0.267 e. The molecule has 1 aliphatic rings. The first kappa shape index (κ1) is 18.0. The first-order chi connectivity index (χ1) is 11.4. The number of H-pyrrole nitrogens is 1. The van der Waals surface area contributed by atoms with Crippen molar-refractivity contribution in [3.8, 4) is 0 Å². The van der Waals surface area contributed by atoms with E-state index in [0.29, 0.717) is 24.6 Å². The highest BCUT2D eigenvalue weighted by molar-refractivity contribution is 5.96. The monoisotopic (exact) mass is 335 g/mol. The molecule has 0 aliphatic carbocycles. The Labute approximate surface area is 140 Å². The molecule has 0 spiro atoms. The van der Waals surface area contributed by atoms with Gasteiger partial charge in [-0.15, -0.1) is 0 Å². The van der Waals surface area contributed by atoms with Crippen LogP contribution in [0, 0.1) is 5.92 Å². The molecule has 1 aromatic heterocycles. The van der Waals surface area contributed by atoms with Gasteiger partial charge in [0.05, 0.1) is 6.04 Å². The van der Waals surface area contributed by atoms with Crippen molar-refractivity contribution in [3.05, 3.63) is 23.5 Å². The Morgan fingerprint density at radius 2 is 1.88 bits per heavy atom. The molecule has 1 unspecified atom stereocenters. The number of nitrogens with zero attached hydrogens (tertiary/aromatic N) is 1. The molecule has 0 radical (unpaired) electrons. The molecule has 24 heavy (non-hydrogen) atoms. The number of amides is 3. The van der Waals surface area contributed by atoms with Crippen LogP contribution in [0.3, 0.4) is 0 Å². The van der Waals surface area contributed by atoms with Gasteiger partial charge in [0, 0.05) is 6.54 Å². The molecule has 2 rings (SSSR count). The molecule has 1 aliphatic heterocycles. The van der Waals surface area contributed by atoms with Crippen molar-refractivity contribution < 1.29 is 14.4 Å². The van der Waals surface area contributed by atoms with Gasteiger partial charge in [-0.25, -0.2) is 0 Å². The molecule has 0 bridgehead atoms. The Bertz CT molecular complexity index is 605. The van der Waals surface area contributed by atoms with Crippen molar-refractivity contribution >= 4 is 17.7 Å². The third-order valence-corrected chi connectivity index (χ3v) is 4.55. The highest BCUT2D eigenvalue weighted by Gasteiger charge is 2.27. The van der Waals surface area contributed by atoms with Crippen LogP contribution >= 0.6 is 0 Å². The zero-order valence-corrected chi connectivity index (χ0v) is 13.9. The molecule has 8 nitrogen and oxygen atoms in total. The Kier molecular flexibility index (Phi) is 5.97. The topological polar surface area (TPSA) is 134 Å². The molecular weight excluding hydrogens is 310 g/mol. The number of rotatable bonds is 7. The predicted octanol–water partition coefficient (Wildman–Crippen LogP) is -0.181. The average molecular weight is 335 g/mol. The molecule has 2 heterocycles. The molecule has 8 heteroatoms. The minimum Gasteiger partial charge on any atom is -0.368 e. The van der Waals surface area contributed by atoms with Crippen LogP contribution in [0.15, 0.2) is 12.1 Å². The zero-order chi connectivity index (χ0) is 17.7. The lowest BCUT2D eigenvalue weighted by Gasteiger charge is -2.35. The number of carbonyl (C=O) groups excluding carboxylic acids is 3. The number of likely N-dealkylation sites (tertiary alicyclic amines) is 1. The van der Waals surface area contributed by atoms with Crippen LogP contribution in [0.5, 0.6) is 0 Å². The van der Waals surface area contributed by atoms with E-state index >= 15 is 0 Å². The van der Waals surface area contributed by atoms with Crippen LogP contribution in [0.1, 0.15) is 47.2 Å². The first-order valence-electron chi connectivity index (χ1n) is 8.22. The van der Waals surface area contributed by atoms with Crippen molar-refractivity contribution in [1.82, 2.24) is 15.2 Å². The summed E-state index contributed by atoms with van der Waals surface area (Å²) in [5.41, 5.74) is 11.1. The molecule has 1 aromatic rings. The number of aromatic amines is 1. The van der Waals surface area contributed by atoms with E-state index in [2.05, 4.69) is 15.2 Å². The van der Waals surface area contributed by atoms with Crippen molar-refractivity contribution in [2.75, 3.05) is 19.6 Å². The Morgan fingerprint density at radius 1 is 1.25 bits per heavy atom. The van der Waals surface area contributed by atoms with Gasteiger partial charge in [0.15, 0.2) is 0 Å². The summed E-state index contributed by atoms with van der Waals surface area (Å²) in [6.07, 6.45) is 2.52. The van der Waals surface area contributed by atoms with Crippen LogP contribution in [-0.2, 0) is 4.79 Å². The third-order valence-electron chi connectivity index (χ3n) is 4.55. The van der Waals surface area contributed by atoms with Crippen LogP contribution in [-0.4, -0.2) is 53.3 Å². The molecule has 6 N–H and O–H groups in total. The maximum atomic E-state index is 12.1. The van der Waals surface area contributed by atoms with E-state index in [-0.39, 0.29) is 23.6 Å². The molecule has 1 saturated heterocycles. The Morgan fingerprint density at radius 3 is 2.38 bits per heavy atom. The van der Waals surface area contributed by atoms with Crippen LogP contribution < -0.4 is 16.8 Å². The third kappa shape index (κ3) is 4.35. The quantitative estimate of drug-likeness (QED) is 0.550. The van der Waals surface area contributed by atoms with Gasteiger partial charge in [-0.3, -0.25) is 19.3 Å². The van der Waals surface area contributed by atoms with Crippen LogP contribution in [0.2, 0.25) is 0 Å². The van der Waals surface area contributed by atoms with Gasteiger partial charge in [-0.2, -0.15) is 0 Å². The maximum absolute atomic E-state index is 12.1. The summed E-state index contributed by atoms with van der Waals surface area (Å²) >= 11 is 0. The summed E-state index contributed by atoms with van der Waals surface area (Å²) in [7, 11) is 0. The lowest BCUT2D eigenvalue weighted by atomic mass is 9.95. The van der Waals surface area contributed by atoms with E-state index in [9.17, 15) is 14.4 Å².